The lowest BCUT2D eigenvalue weighted by Crippen LogP contribution is -2.52. The number of ether oxygens (including phenoxy) is 1. The first-order chi connectivity index (χ1) is 18.7. The molecule has 3 atom stereocenters. The van der Waals surface area contributed by atoms with Gasteiger partial charge < -0.3 is 25.4 Å². The second-order valence-corrected chi connectivity index (χ2v) is 10.3. The van der Waals surface area contributed by atoms with Crippen LogP contribution in [0.25, 0.3) is 0 Å². The van der Waals surface area contributed by atoms with E-state index in [0.717, 1.165) is 24.5 Å². The summed E-state index contributed by atoms with van der Waals surface area (Å²) in [6.07, 6.45) is -3.38. The number of anilines is 2. The molecule has 0 bridgehead atoms. The fraction of sp³-hybridized carbons (Fsp3) is 0.552. The summed E-state index contributed by atoms with van der Waals surface area (Å²) in [5.74, 6) is -0.488. The van der Waals surface area contributed by atoms with E-state index in [1.54, 1.807) is 18.2 Å². The molecule has 2 aromatic rings. The van der Waals surface area contributed by atoms with Gasteiger partial charge in [0.05, 0.1) is 19.3 Å². The van der Waals surface area contributed by atoms with Crippen LogP contribution in [0.2, 0.25) is 0 Å². The number of hydrogen-bond donors (Lipinski definition) is 4. The Bertz CT molecular complexity index is 984. The van der Waals surface area contributed by atoms with Crippen molar-refractivity contribution in [2.75, 3.05) is 49.7 Å². The third-order valence-corrected chi connectivity index (χ3v) is 6.70. The molecule has 0 saturated carbocycles. The first-order valence-corrected chi connectivity index (χ1v) is 13.6. The van der Waals surface area contributed by atoms with Crippen LogP contribution in [-0.2, 0) is 9.53 Å². The highest BCUT2D eigenvalue weighted by molar-refractivity contribution is 5.82. The summed E-state index contributed by atoms with van der Waals surface area (Å²) in [5.41, 5.74) is 2.04. The number of nitrogens with one attached hydrogen (secondary N) is 3. The highest BCUT2D eigenvalue weighted by Crippen LogP contribution is 2.33. The molecule has 4 N–H and O–H groups in total. The summed E-state index contributed by atoms with van der Waals surface area (Å²) < 4.78 is 47.4. The molecule has 0 aliphatic carbocycles. The highest BCUT2D eigenvalue weighted by atomic mass is 19.4. The number of benzene rings is 2. The second kappa shape index (κ2) is 15.1. The third kappa shape index (κ3) is 10.0. The van der Waals surface area contributed by atoms with Crippen molar-refractivity contribution in [2.24, 2.45) is 5.92 Å². The standard InChI is InChI=1S/C29H41F3N4O3/c1-21(2)19-26(35-27(29(30,31)32)22-7-4-3-5-8-22)28(38)34-24(9-6-16-37)20-33-23-10-12-25(13-11-23)36-14-17-39-18-15-36/h3-5,7-8,10-13,21,24,26-27,33,35,37H,6,9,14-20H2,1-2H3,(H,34,38)/t24-,26-,27-/m0/s1. The number of alkyl halides is 3. The van der Waals surface area contributed by atoms with Crippen LogP contribution < -0.4 is 20.9 Å². The van der Waals surface area contributed by atoms with Crippen LogP contribution in [0.1, 0.15) is 44.7 Å². The van der Waals surface area contributed by atoms with Gasteiger partial charge in [0, 0.05) is 43.7 Å². The summed E-state index contributed by atoms with van der Waals surface area (Å²) in [6, 6.07) is 12.2. The molecular formula is C29H41F3N4O3. The van der Waals surface area contributed by atoms with Crippen LogP contribution in [0.5, 0.6) is 0 Å². The number of amides is 1. The molecule has 3 rings (SSSR count). The van der Waals surface area contributed by atoms with Gasteiger partial charge in [0.15, 0.2) is 0 Å². The van der Waals surface area contributed by atoms with Crippen LogP contribution in [0.4, 0.5) is 24.5 Å². The van der Waals surface area contributed by atoms with Gasteiger partial charge in [-0.1, -0.05) is 44.2 Å². The fourth-order valence-corrected chi connectivity index (χ4v) is 4.67. The van der Waals surface area contributed by atoms with E-state index in [-0.39, 0.29) is 30.6 Å². The van der Waals surface area contributed by atoms with Gasteiger partial charge in [0.1, 0.15) is 6.04 Å². The van der Waals surface area contributed by atoms with Gasteiger partial charge in [-0.2, -0.15) is 13.2 Å². The van der Waals surface area contributed by atoms with Crippen LogP contribution in [-0.4, -0.2) is 68.7 Å². The maximum absolute atomic E-state index is 14.0. The molecule has 39 heavy (non-hydrogen) atoms. The molecule has 0 spiro atoms. The van der Waals surface area contributed by atoms with Gasteiger partial charge in [-0.3, -0.25) is 10.1 Å². The number of carbonyl (C=O) groups is 1. The van der Waals surface area contributed by atoms with Crippen molar-refractivity contribution in [2.45, 2.75) is 57.4 Å². The van der Waals surface area contributed by atoms with E-state index in [1.165, 1.54) is 12.1 Å². The Morgan fingerprint density at radius 1 is 1.05 bits per heavy atom. The number of morpholine rings is 1. The monoisotopic (exact) mass is 550 g/mol. The van der Waals surface area contributed by atoms with Crippen molar-refractivity contribution in [3.8, 4) is 0 Å². The Morgan fingerprint density at radius 3 is 2.31 bits per heavy atom. The highest BCUT2D eigenvalue weighted by Gasteiger charge is 2.43. The smallest absolute Gasteiger partial charge is 0.396 e. The first-order valence-electron chi connectivity index (χ1n) is 13.6. The molecule has 1 aliphatic rings. The SMILES string of the molecule is CC(C)C[C@H](N[C@@H](c1ccccc1)C(F)(F)F)C(=O)N[C@@H](CCCO)CNc1ccc(N2CCOCC2)cc1. The van der Waals surface area contributed by atoms with E-state index in [9.17, 15) is 23.1 Å². The summed E-state index contributed by atoms with van der Waals surface area (Å²) in [5, 5.41) is 18.2. The van der Waals surface area contributed by atoms with Gasteiger partial charge in [0.2, 0.25) is 5.91 Å². The first kappa shape index (κ1) is 30.7. The Balaban J connectivity index is 1.66. The van der Waals surface area contributed by atoms with E-state index in [1.807, 2.05) is 38.1 Å². The van der Waals surface area contributed by atoms with Crippen molar-refractivity contribution in [3.63, 3.8) is 0 Å². The molecule has 10 heteroatoms. The van der Waals surface area contributed by atoms with Crippen molar-refractivity contribution < 1.29 is 27.8 Å². The number of rotatable bonds is 14. The van der Waals surface area contributed by atoms with Gasteiger partial charge in [-0.15, -0.1) is 0 Å². The summed E-state index contributed by atoms with van der Waals surface area (Å²) in [6.45, 7) is 7.16. The van der Waals surface area contributed by atoms with E-state index < -0.39 is 24.2 Å². The third-order valence-electron chi connectivity index (χ3n) is 6.70. The molecular weight excluding hydrogens is 509 g/mol. The molecule has 1 heterocycles. The van der Waals surface area contributed by atoms with Crippen molar-refractivity contribution in [1.82, 2.24) is 10.6 Å². The van der Waals surface area contributed by atoms with E-state index in [4.69, 9.17) is 4.74 Å². The summed E-state index contributed by atoms with van der Waals surface area (Å²) in [4.78, 5) is 15.6. The largest absolute Gasteiger partial charge is 0.407 e. The second-order valence-electron chi connectivity index (χ2n) is 10.3. The Kier molecular flexibility index (Phi) is 11.9. The minimum absolute atomic E-state index is 0.00287. The molecule has 7 nitrogen and oxygen atoms in total. The lowest BCUT2D eigenvalue weighted by molar-refractivity contribution is -0.161. The van der Waals surface area contributed by atoms with Crippen LogP contribution in [0, 0.1) is 5.92 Å². The molecule has 216 valence electrons. The number of aliphatic hydroxyl groups excluding tert-OH is 1. The number of aliphatic hydroxyl groups is 1. The topological polar surface area (TPSA) is 85.9 Å². The molecule has 1 fully saturated rings. The predicted molar refractivity (Wildman–Crippen MR) is 148 cm³/mol. The Morgan fingerprint density at radius 2 is 1.72 bits per heavy atom. The molecule has 1 amide bonds. The number of carbonyl (C=O) groups excluding carboxylic acids is 1. The Labute approximate surface area is 229 Å². The predicted octanol–water partition coefficient (Wildman–Crippen LogP) is 4.50. The quantitative estimate of drug-likeness (QED) is 0.277. The Hall–Kier alpha value is -2.82. The van der Waals surface area contributed by atoms with Crippen LogP contribution >= 0.6 is 0 Å². The van der Waals surface area contributed by atoms with Gasteiger partial charge in [0.25, 0.3) is 0 Å². The number of hydrogen-bond acceptors (Lipinski definition) is 6. The zero-order valence-electron chi connectivity index (χ0n) is 22.7. The molecule has 2 aromatic carbocycles. The number of halogens is 3. The molecule has 1 aliphatic heterocycles. The maximum atomic E-state index is 14.0. The molecule has 0 unspecified atom stereocenters. The lowest BCUT2D eigenvalue weighted by atomic mass is 9.99. The van der Waals surface area contributed by atoms with Gasteiger partial charge >= 0.3 is 6.18 Å². The van der Waals surface area contributed by atoms with Crippen LogP contribution in [0.3, 0.4) is 0 Å². The molecule has 1 saturated heterocycles. The van der Waals surface area contributed by atoms with Crippen molar-refractivity contribution in [1.29, 1.82) is 0 Å². The zero-order valence-corrected chi connectivity index (χ0v) is 22.7. The lowest BCUT2D eigenvalue weighted by Gasteiger charge is -2.30. The van der Waals surface area contributed by atoms with Gasteiger partial charge in [-0.25, -0.2) is 0 Å². The zero-order chi connectivity index (χ0) is 28.3. The fourth-order valence-electron chi connectivity index (χ4n) is 4.67. The normalized spacial score (nSPS) is 16.5. The molecule has 0 radical (unpaired) electrons. The molecule has 0 aromatic heterocycles. The van der Waals surface area contributed by atoms with E-state index in [0.29, 0.717) is 32.6 Å². The summed E-state index contributed by atoms with van der Waals surface area (Å²) >= 11 is 0. The minimum Gasteiger partial charge on any atom is -0.396 e. The van der Waals surface area contributed by atoms with Crippen molar-refractivity contribution >= 4 is 17.3 Å². The average Bonchev–Trinajstić information content (AvgIpc) is 2.92. The number of nitrogens with zero attached hydrogens (tertiary/aromatic N) is 1. The average molecular weight is 551 g/mol. The van der Waals surface area contributed by atoms with E-state index in [2.05, 4.69) is 20.9 Å². The van der Waals surface area contributed by atoms with Gasteiger partial charge in [-0.05, 0) is 55.0 Å². The van der Waals surface area contributed by atoms with Crippen molar-refractivity contribution in [3.05, 3.63) is 60.2 Å². The maximum Gasteiger partial charge on any atom is 0.407 e. The van der Waals surface area contributed by atoms with E-state index >= 15 is 0 Å². The minimum atomic E-state index is -4.57. The van der Waals surface area contributed by atoms with Crippen LogP contribution in [0.15, 0.2) is 54.6 Å². The summed E-state index contributed by atoms with van der Waals surface area (Å²) in [7, 11) is 0.